The molecule has 0 aliphatic heterocycles. The van der Waals surface area contributed by atoms with Crippen LogP contribution in [0.1, 0.15) is 37.0 Å². The fourth-order valence-electron chi connectivity index (χ4n) is 3.03. The standard InChI is InChI=1S/C17H22FN3O.HI/c1-11-14-9-12(18)7-8-15(14)22-16(11)10-20-17(19-2)21-13-5-3-4-6-13;/h7-9,13H,3-6,10H2,1-2H3,(H2,19,20,21);1H. The summed E-state index contributed by atoms with van der Waals surface area (Å²) >= 11 is 0. The normalized spacial score (nSPS) is 15.7. The molecule has 1 aliphatic rings. The lowest BCUT2D eigenvalue weighted by Crippen LogP contribution is -2.41. The molecule has 0 bridgehead atoms. The van der Waals surface area contributed by atoms with Crippen LogP contribution in [0.3, 0.4) is 0 Å². The number of nitrogens with zero attached hydrogens (tertiary/aromatic N) is 1. The SMILES string of the molecule is CN=C(NCc1oc2ccc(F)cc2c1C)NC1CCCC1.I. The average molecular weight is 431 g/mol. The summed E-state index contributed by atoms with van der Waals surface area (Å²) in [6.07, 6.45) is 4.96. The minimum absolute atomic E-state index is 0. The molecule has 4 nitrogen and oxygen atoms in total. The van der Waals surface area contributed by atoms with E-state index in [0.29, 0.717) is 12.6 Å². The number of guanidine groups is 1. The predicted molar refractivity (Wildman–Crippen MR) is 102 cm³/mol. The molecule has 126 valence electrons. The zero-order chi connectivity index (χ0) is 15.5. The first-order valence-corrected chi connectivity index (χ1v) is 7.82. The molecule has 1 aromatic heterocycles. The van der Waals surface area contributed by atoms with E-state index in [0.717, 1.165) is 28.3 Å². The molecule has 1 aliphatic carbocycles. The van der Waals surface area contributed by atoms with Crippen molar-refractivity contribution in [2.75, 3.05) is 7.05 Å². The second kappa shape index (κ2) is 7.99. The van der Waals surface area contributed by atoms with E-state index < -0.39 is 0 Å². The highest BCUT2D eigenvalue weighted by molar-refractivity contribution is 14.0. The quantitative estimate of drug-likeness (QED) is 0.437. The molecule has 6 heteroatoms. The molecule has 0 unspecified atom stereocenters. The summed E-state index contributed by atoms with van der Waals surface area (Å²) in [4.78, 5) is 4.26. The van der Waals surface area contributed by atoms with Crippen molar-refractivity contribution in [2.24, 2.45) is 4.99 Å². The van der Waals surface area contributed by atoms with E-state index in [-0.39, 0.29) is 29.8 Å². The maximum absolute atomic E-state index is 13.3. The van der Waals surface area contributed by atoms with Crippen molar-refractivity contribution in [1.29, 1.82) is 0 Å². The van der Waals surface area contributed by atoms with E-state index in [4.69, 9.17) is 4.42 Å². The minimum Gasteiger partial charge on any atom is -0.459 e. The molecule has 1 aromatic carbocycles. The Hall–Kier alpha value is -1.31. The van der Waals surface area contributed by atoms with E-state index in [1.165, 1.54) is 37.8 Å². The van der Waals surface area contributed by atoms with Crippen LogP contribution >= 0.6 is 24.0 Å². The van der Waals surface area contributed by atoms with Crippen LogP contribution in [0.5, 0.6) is 0 Å². The van der Waals surface area contributed by atoms with E-state index in [1.807, 2.05) is 6.92 Å². The highest BCUT2D eigenvalue weighted by atomic mass is 127. The number of aryl methyl sites for hydroxylation is 1. The summed E-state index contributed by atoms with van der Waals surface area (Å²) in [5, 5.41) is 7.55. The Morgan fingerprint density at radius 2 is 2.09 bits per heavy atom. The third-order valence-electron chi connectivity index (χ3n) is 4.33. The molecule has 3 rings (SSSR count). The Labute approximate surface area is 152 Å². The van der Waals surface area contributed by atoms with Crippen LogP contribution in [0.15, 0.2) is 27.6 Å². The van der Waals surface area contributed by atoms with Crippen LogP contribution < -0.4 is 10.6 Å². The largest absolute Gasteiger partial charge is 0.459 e. The monoisotopic (exact) mass is 431 g/mol. The molecule has 0 saturated heterocycles. The fourth-order valence-corrected chi connectivity index (χ4v) is 3.03. The van der Waals surface area contributed by atoms with Gasteiger partial charge in [0.1, 0.15) is 17.2 Å². The van der Waals surface area contributed by atoms with Gasteiger partial charge in [-0.1, -0.05) is 12.8 Å². The maximum atomic E-state index is 13.3. The maximum Gasteiger partial charge on any atom is 0.191 e. The van der Waals surface area contributed by atoms with Crippen molar-refractivity contribution in [3.05, 3.63) is 35.3 Å². The molecule has 2 aromatic rings. The molecule has 0 spiro atoms. The first-order valence-electron chi connectivity index (χ1n) is 7.82. The van der Waals surface area contributed by atoms with Crippen LogP contribution in [0.4, 0.5) is 4.39 Å². The highest BCUT2D eigenvalue weighted by Crippen LogP contribution is 2.25. The fraction of sp³-hybridized carbons (Fsp3) is 0.471. The molecule has 23 heavy (non-hydrogen) atoms. The van der Waals surface area contributed by atoms with Crippen LogP contribution in [0.2, 0.25) is 0 Å². The van der Waals surface area contributed by atoms with Crippen LogP contribution in [-0.2, 0) is 6.54 Å². The zero-order valence-electron chi connectivity index (χ0n) is 13.5. The van der Waals surface area contributed by atoms with Crippen LogP contribution in [0.25, 0.3) is 11.0 Å². The van der Waals surface area contributed by atoms with Gasteiger partial charge in [-0.2, -0.15) is 0 Å². The first kappa shape index (κ1) is 18.0. The van der Waals surface area contributed by atoms with E-state index in [9.17, 15) is 4.39 Å². The summed E-state index contributed by atoms with van der Waals surface area (Å²) in [5.74, 6) is 1.36. The average Bonchev–Trinajstić information content (AvgIpc) is 3.13. The molecule has 1 heterocycles. The summed E-state index contributed by atoms with van der Waals surface area (Å²) in [5.41, 5.74) is 1.69. The summed E-state index contributed by atoms with van der Waals surface area (Å²) in [7, 11) is 1.77. The number of furan rings is 1. The predicted octanol–water partition coefficient (Wildman–Crippen LogP) is 4.11. The van der Waals surface area contributed by atoms with Crippen molar-refractivity contribution in [2.45, 2.75) is 45.2 Å². The number of hydrogen-bond acceptors (Lipinski definition) is 2. The van der Waals surface area contributed by atoms with Gasteiger partial charge in [0.25, 0.3) is 0 Å². The Kier molecular flexibility index (Phi) is 6.26. The molecule has 0 amide bonds. The van der Waals surface area contributed by atoms with Gasteiger partial charge in [-0.3, -0.25) is 4.99 Å². The van der Waals surface area contributed by atoms with Gasteiger partial charge in [0.05, 0.1) is 6.54 Å². The highest BCUT2D eigenvalue weighted by Gasteiger charge is 2.16. The van der Waals surface area contributed by atoms with Crippen molar-refractivity contribution < 1.29 is 8.81 Å². The molecule has 1 fully saturated rings. The van der Waals surface area contributed by atoms with Gasteiger partial charge in [0.15, 0.2) is 5.96 Å². The third-order valence-corrected chi connectivity index (χ3v) is 4.33. The number of rotatable bonds is 3. The summed E-state index contributed by atoms with van der Waals surface area (Å²) in [6, 6.07) is 5.12. The van der Waals surface area contributed by atoms with Gasteiger partial charge < -0.3 is 15.1 Å². The number of nitrogens with one attached hydrogen (secondary N) is 2. The number of fused-ring (bicyclic) bond motifs is 1. The number of halogens is 2. The van der Waals surface area contributed by atoms with Gasteiger partial charge in [-0.15, -0.1) is 24.0 Å². The molecule has 0 atom stereocenters. The summed E-state index contributed by atoms with van der Waals surface area (Å²) in [6.45, 7) is 2.49. The van der Waals surface area contributed by atoms with Gasteiger partial charge in [-0.25, -0.2) is 4.39 Å². The molecule has 2 N–H and O–H groups in total. The molecular formula is C17H23FIN3O. The van der Waals surface area contributed by atoms with Crippen molar-refractivity contribution in [1.82, 2.24) is 10.6 Å². The third kappa shape index (κ3) is 4.16. The van der Waals surface area contributed by atoms with Crippen molar-refractivity contribution >= 4 is 40.9 Å². The van der Waals surface area contributed by atoms with Crippen molar-refractivity contribution in [3.8, 4) is 0 Å². The number of hydrogen-bond donors (Lipinski definition) is 2. The molecule has 1 saturated carbocycles. The van der Waals surface area contributed by atoms with E-state index in [1.54, 1.807) is 13.1 Å². The lowest BCUT2D eigenvalue weighted by Gasteiger charge is -2.16. The minimum atomic E-state index is -0.241. The summed E-state index contributed by atoms with van der Waals surface area (Å²) < 4.78 is 19.1. The van der Waals surface area contributed by atoms with Gasteiger partial charge in [0, 0.05) is 24.0 Å². The van der Waals surface area contributed by atoms with E-state index in [2.05, 4.69) is 15.6 Å². The molecular weight excluding hydrogens is 408 g/mol. The van der Waals surface area contributed by atoms with Gasteiger partial charge in [0.2, 0.25) is 0 Å². The van der Waals surface area contributed by atoms with E-state index >= 15 is 0 Å². The van der Waals surface area contributed by atoms with Crippen LogP contribution in [0, 0.1) is 12.7 Å². The van der Waals surface area contributed by atoms with Gasteiger partial charge >= 0.3 is 0 Å². The Balaban J connectivity index is 0.00000192. The zero-order valence-corrected chi connectivity index (χ0v) is 15.8. The Morgan fingerprint density at radius 3 is 2.78 bits per heavy atom. The van der Waals surface area contributed by atoms with Crippen LogP contribution in [-0.4, -0.2) is 19.0 Å². The van der Waals surface area contributed by atoms with Gasteiger partial charge in [-0.05, 0) is 38.0 Å². The Bertz CT molecular complexity index is 692. The number of benzene rings is 1. The second-order valence-electron chi connectivity index (χ2n) is 5.84. The topological polar surface area (TPSA) is 49.6 Å². The first-order chi connectivity index (χ1) is 10.7. The second-order valence-corrected chi connectivity index (χ2v) is 5.84. The lowest BCUT2D eigenvalue weighted by atomic mass is 10.1. The Morgan fingerprint density at radius 1 is 1.35 bits per heavy atom. The lowest BCUT2D eigenvalue weighted by molar-refractivity contribution is 0.530. The number of aliphatic imine (C=N–C) groups is 1. The smallest absolute Gasteiger partial charge is 0.191 e. The molecule has 0 radical (unpaired) electrons. The van der Waals surface area contributed by atoms with Crippen molar-refractivity contribution in [3.63, 3.8) is 0 Å².